The zero-order chi connectivity index (χ0) is 23.2. The van der Waals surface area contributed by atoms with E-state index in [-0.39, 0.29) is 37.1 Å². The zero-order valence-corrected chi connectivity index (χ0v) is 18.8. The lowest BCUT2D eigenvalue weighted by Gasteiger charge is -2.41. The van der Waals surface area contributed by atoms with Crippen molar-refractivity contribution in [3.63, 3.8) is 0 Å². The lowest BCUT2D eigenvalue weighted by atomic mass is 9.76. The minimum Gasteiger partial charge on any atom is -0.454 e. The summed E-state index contributed by atoms with van der Waals surface area (Å²) in [6.45, 7) is 0.391. The molecule has 0 spiro atoms. The minimum atomic E-state index is -0.390. The summed E-state index contributed by atoms with van der Waals surface area (Å²) in [6.07, 6.45) is 1.91. The molecule has 9 nitrogen and oxygen atoms in total. The predicted octanol–water partition coefficient (Wildman–Crippen LogP) is 4.12. The monoisotopic (exact) mass is 480 g/mol. The summed E-state index contributed by atoms with van der Waals surface area (Å²) >= 11 is 6.05. The van der Waals surface area contributed by atoms with Crippen LogP contribution in [-0.4, -0.2) is 39.8 Å². The van der Waals surface area contributed by atoms with Gasteiger partial charge in [-0.2, -0.15) is 4.98 Å². The van der Waals surface area contributed by atoms with Crippen molar-refractivity contribution in [3.8, 4) is 22.9 Å². The van der Waals surface area contributed by atoms with Crippen LogP contribution in [0.1, 0.15) is 36.6 Å². The van der Waals surface area contributed by atoms with Crippen molar-refractivity contribution in [2.75, 3.05) is 6.79 Å². The van der Waals surface area contributed by atoms with Crippen molar-refractivity contribution in [1.29, 1.82) is 0 Å². The number of nitrogens with one attached hydrogen (secondary N) is 1. The van der Waals surface area contributed by atoms with Crippen LogP contribution in [0.5, 0.6) is 11.5 Å². The molecule has 1 saturated carbocycles. The summed E-state index contributed by atoms with van der Waals surface area (Å²) < 4.78 is 16.3. The van der Waals surface area contributed by atoms with Crippen LogP contribution in [0.4, 0.5) is 4.79 Å². The lowest BCUT2D eigenvalue weighted by Crippen LogP contribution is -2.60. The highest BCUT2D eigenvalue weighted by Crippen LogP contribution is 2.39. The summed E-state index contributed by atoms with van der Waals surface area (Å²) in [4.78, 5) is 31.8. The molecule has 174 valence electrons. The Labute approximate surface area is 200 Å². The molecule has 0 bridgehead atoms. The first-order chi connectivity index (χ1) is 16.5. The van der Waals surface area contributed by atoms with Crippen LogP contribution < -0.4 is 14.8 Å². The normalized spacial score (nSPS) is 23.6. The number of benzene rings is 2. The van der Waals surface area contributed by atoms with Crippen LogP contribution in [0.3, 0.4) is 0 Å². The number of aromatic nitrogens is 2. The number of fused-ring (bicyclic) bond motifs is 2. The molecule has 0 radical (unpaired) electrons. The van der Waals surface area contributed by atoms with E-state index in [0.29, 0.717) is 41.1 Å². The van der Waals surface area contributed by atoms with E-state index >= 15 is 0 Å². The third-order valence-corrected chi connectivity index (χ3v) is 6.87. The van der Waals surface area contributed by atoms with Crippen LogP contribution in [0, 0.1) is 5.92 Å². The molecule has 1 N–H and O–H groups in total. The first kappa shape index (κ1) is 21.0. The van der Waals surface area contributed by atoms with E-state index in [1.807, 2.05) is 24.3 Å². The molecule has 2 aromatic carbocycles. The van der Waals surface area contributed by atoms with E-state index in [2.05, 4.69) is 15.5 Å². The quantitative estimate of drug-likeness (QED) is 0.598. The van der Waals surface area contributed by atoms with Crippen molar-refractivity contribution in [3.05, 3.63) is 58.9 Å². The summed E-state index contributed by atoms with van der Waals surface area (Å²) in [7, 11) is 0. The lowest BCUT2D eigenvalue weighted by molar-refractivity contribution is -0.137. The van der Waals surface area contributed by atoms with Gasteiger partial charge in [0, 0.05) is 22.5 Å². The van der Waals surface area contributed by atoms with Gasteiger partial charge in [-0.05, 0) is 55.2 Å². The first-order valence-corrected chi connectivity index (χ1v) is 11.5. The number of carbonyl (C=O) groups is 2. The Bertz CT molecular complexity index is 1280. The van der Waals surface area contributed by atoms with Gasteiger partial charge in [0.25, 0.3) is 0 Å². The maximum absolute atomic E-state index is 13.1. The fraction of sp³-hybridized carbons (Fsp3) is 0.333. The van der Waals surface area contributed by atoms with E-state index in [0.717, 1.165) is 17.5 Å². The molecule has 2 aliphatic heterocycles. The van der Waals surface area contributed by atoms with Crippen LogP contribution in [-0.2, 0) is 11.3 Å². The zero-order valence-electron chi connectivity index (χ0n) is 18.1. The SMILES string of the molecule is O=C1NC2CC(c3nc(-c4ccc5c(c4)OCO5)no3)CCC2C(=O)N1Cc1cccc(Cl)c1. The molecule has 3 aliphatic rings. The van der Waals surface area contributed by atoms with E-state index < -0.39 is 6.03 Å². The highest BCUT2D eigenvalue weighted by Gasteiger charge is 2.45. The molecule has 1 saturated heterocycles. The summed E-state index contributed by atoms with van der Waals surface area (Å²) in [5, 5.41) is 7.71. The van der Waals surface area contributed by atoms with Crippen LogP contribution in [0.25, 0.3) is 11.4 Å². The van der Waals surface area contributed by atoms with Gasteiger partial charge in [0.15, 0.2) is 11.5 Å². The number of hydrogen-bond donors (Lipinski definition) is 1. The Morgan fingerprint density at radius 1 is 1.09 bits per heavy atom. The molecule has 34 heavy (non-hydrogen) atoms. The summed E-state index contributed by atoms with van der Waals surface area (Å²) in [6, 6.07) is 12.0. The molecule has 3 heterocycles. The third-order valence-electron chi connectivity index (χ3n) is 6.64. The van der Waals surface area contributed by atoms with Crippen LogP contribution in [0.2, 0.25) is 5.02 Å². The van der Waals surface area contributed by atoms with Gasteiger partial charge in [0.2, 0.25) is 24.4 Å². The molecular formula is C24H21ClN4O5. The molecule has 3 aromatic rings. The van der Waals surface area contributed by atoms with E-state index in [1.54, 1.807) is 18.2 Å². The fourth-order valence-electron chi connectivity index (χ4n) is 4.91. The number of rotatable bonds is 4. The summed E-state index contributed by atoms with van der Waals surface area (Å²) in [5.41, 5.74) is 1.58. The van der Waals surface area contributed by atoms with Gasteiger partial charge in [0.1, 0.15) is 0 Å². The molecule has 3 amide bonds. The number of ether oxygens (including phenoxy) is 2. The Kier molecular flexibility index (Phi) is 5.13. The second-order valence-electron chi connectivity index (χ2n) is 8.75. The minimum absolute atomic E-state index is 0.0379. The van der Waals surface area contributed by atoms with Crippen molar-refractivity contribution >= 4 is 23.5 Å². The van der Waals surface area contributed by atoms with Crippen molar-refractivity contribution in [2.24, 2.45) is 5.92 Å². The van der Waals surface area contributed by atoms with Gasteiger partial charge in [-0.25, -0.2) is 4.79 Å². The van der Waals surface area contributed by atoms with Crippen LogP contribution >= 0.6 is 11.6 Å². The highest BCUT2D eigenvalue weighted by molar-refractivity contribution is 6.30. The van der Waals surface area contributed by atoms with Crippen molar-refractivity contribution in [2.45, 2.75) is 37.8 Å². The fourth-order valence-corrected chi connectivity index (χ4v) is 5.12. The average Bonchev–Trinajstić information content (AvgIpc) is 3.51. The maximum Gasteiger partial charge on any atom is 0.324 e. The Hall–Kier alpha value is -3.59. The second kappa shape index (κ2) is 8.32. The smallest absolute Gasteiger partial charge is 0.324 e. The topological polar surface area (TPSA) is 107 Å². The van der Waals surface area contributed by atoms with Gasteiger partial charge in [0.05, 0.1) is 12.5 Å². The third kappa shape index (κ3) is 3.75. The van der Waals surface area contributed by atoms with Gasteiger partial charge in [-0.15, -0.1) is 0 Å². The van der Waals surface area contributed by atoms with Gasteiger partial charge < -0.3 is 19.3 Å². The predicted molar refractivity (Wildman–Crippen MR) is 120 cm³/mol. The number of urea groups is 1. The Morgan fingerprint density at radius 2 is 1.97 bits per heavy atom. The van der Waals surface area contributed by atoms with Gasteiger partial charge in [-0.3, -0.25) is 9.69 Å². The molecule has 3 unspecified atom stereocenters. The van der Waals surface area contributed by atoms with E-state index in [4.69, 9.17) is 25.6 Å². The Morgan fingerprint density at radius 3 is 2.85 bits per heavy atom. The van der Waals surface area contributed by atoms with Crippen molar-refractivity contribution < 1.29 is 23.6 Å². The molecule has 10 heteroatoms. The van der Waals surface area contributed by atoms with Gasteiger partial charge in [-0.1, -0.05) is 28.9 Å². The highest BCUT2D eigenvalue weighted by atomic mass is 35.5. The number of amides is 3. The second-order valence-corrected chi connectivity index (χ2v) is 9.19. The standard InChI is InChI=1S/C24H21ClN4O5/c25-16-3-1-2-13(8-16)11-29-23(30)17-6-4-15(9-18(17)26-24(29)31)22-27-21(28-34-22)14-5-7-19-20(10-14)33-12-32-19/h1-3,5,7-8,10,15,17-18H,4,6,9,11-12H2,(H,26,31). The number of nitrogens with zero attached hydrogens (tertiary/aromatic N) is 3. The molecule has 1 aliphatic carbocycles. The molecule has 1 aromatic heterocycles. The Balaban J connectivity index is 1.15. The molecule has 3 atom stereocenters. The number of halogens is 1. The van der Waals surface area contributed by atoms with E-state index in [1.165, 1.54) is 4.90 Å². The molecular weight excluding hydrogens is 460 g/mol. The molecule has 6 rings (SSSR count). The van der Waals surface area contributed by atoms with Crippen LogP contribution in [0.15, 0.2) is 47.0 Å². The number of imide groups is 1. The largest absolute Gasteiger partial charge is 0.454 e. The summed E-state index contributed by atoms with van der Waals surface area (Å²) in [5.74, 6) is 1.84. The average molecular weight is 481 g/mol. The van der Waals surface area contributed by atoms with Gasteiger partial charge >= 0.3 is 6.03 Å². The van der Waals surface area contributed by atoms with Crippen molar-refractivity contribution in [1.82, 2.24) is 20.4 Å². The maximum atomic E-state index is 13.1. The number of carbonyl (C=O) groups excluding carboxylic acids is 2. The first-order valence-electron chi connectivity index (χ1n) is 11.1. The molecule has 2 fully saturated rings. The van der Waals surface area contributed by atoms with E-state index in [9.17, 15) is 9.59 Å². The number of hydrogen-bond acceptors (Lipinski definition) is 7.